The smallest absolute Gasteiger partial charge is 0.0352 e. The molecular weight excluding hydrogens is 252 g/mol. The van der Waals surface area contributed by atoms with E-state index in [0.29, 0.717) is 0 Å². The van der Waals surface area contributed by atoms with Gasteiger partial charge in [0.2, 0.25) is 0 Å². The van der Waals surface area contributed by atoms with Crippen LogP contribution in [0.2, 0.25) is 0 Å². The fourth-order valence-electron chi connectivity index (χ4n) is 6.93. The highest BCUT2D eigenvalue weighted by Crippen LogP contribution is 2.57. The molecule has 0 heterocycles. The molecule has 4 aliphatic carbocycles. The first kappa shape index (κ1) is 15.9. The van der Waals surface area contributed by atoms with Crippen molar-refractivity contribution in [2.24, 2.45) is 41.4 Å². The van der Waals surface area contributed by atoms with Crippen LogP contribution in [0.5, 0.6) is 0 Å². The Bertz CT molecular complexity index is 320. The van der Waals surface area contributed by atoms with Gasteiger partial charge in [-0.15, -0.1) is 0 Å². The minimum absolute atomic E-state index is 1.02. The fraction of sp³-hybridized carbons (Fsp3) is 1.00. The Morgan fingerprint density at radius 3 is 1.81 bits per heavy atom. The minimum Gasteiger partial charge on any atom is -0.0683 e. The van der Waals surface area contributed by atoms with Crippen LogP contribution in [0.1, 0.15) is 91.4 Å². The molecule has 21 heavy (non-hydrogen) atoms. The normalized spacial score (nSPS) is 49.0. The van der Waals surface area contributed by atoms with Gasteiger partial charge in [0.25, 0.3) is 0 Å². The molecule has 4 rings (SSSR count). The van der Waals surface area contributed by atoms with Gasteiger partial charge in [-0.3, -0.25) is 0 Å². The highest BCUT2D eigenvalue weighted by molar-refractivity contribution is 4.98. The fourth-order valence-corrected chi connectivity index (χ4v) is 6.93. The topological polar surface area (TPSA) is 0 Å². The lowest BCUT2D eigenvalue weighted by atomic mass is 9.55. The molecule has 0 heteroatoms. The summed E-state index contributed by atoms with van der Waals surface area (Å²) in [5.74, 6) is 7.93. The Morgan fingerprint density at radius 1 is 0.524 bits per heavy atom. The predicted molar refractivity (Wildman–Crippen MR) is 92.2 cm³/mol. The van der Waals surface area contributed by atoms with Crippen molar-refractivity contribution < 1.29 is 0 Å². The molecule has 0 saturated heterocycles. The van der Waals surface area contributed by atoms with Crippen LogP contribution in [0.15, 0.2) is 0 Å². The van der Waals surface area contributed by atoms with Gasteiger partial charge in [0.1, 0.15) is 0 Å². The van der Waals surface area contributed by atoms with Gasteiger partial charge in [-0.1, -0.05) is 46.5 Å². The zero-order valence-electron chi connectivity index (χ0n) is 14.8. The molecule has 7 unspecified atom stereocenters. The van der Waals surface area contributed by atoms with Crippen molar-refractivity contribution in [3.05, 3.63) is 0 Å². The number of rotatable bonds is 0. The molecule has 0 nitrogen and oxygen atoms in total. The summed E-state index contributed by atoms with van der Waals surface area (Å²) in [6.07, 6.45) is 17.4. The Balaban J connectivity index is 0.000000636. The van der Waals surface area contributed by atoms with E-state index < -0.39 is 0 Å². The maximum atomic E-state index is 2.52. The summed E-state index contributed by atoms with van der Waals surface area (Å²) in [5, 5.41) is 0. The van der Waals surface area contributed by atoms with E-state index in [1.807, 2.05) is 13.8 Å². The third kappa shape index (κ3) is 3.06. The molecule has 7 atom stereocenters. The molecule has 0 aromatic carbocycles. The molecular formula is C21H38. The monoisotopic (exact) mass is 290 g/mol. The molecule has 0 spiro atoms. The van der Waals surface area contributed by atoms with Gasteiger partial charge in [-0.05, 0) is 86.4 Å². The highest BCUT2D eigenvalue weighted by atomic mass is 14.5. The zero-order chi connectivity index (χ0) is 14.8. The van der Waals surface area contributed by atoms with E-state index in [2.05, 4.69) is 6.92 Å². The second-order valence-electron chi connectivity index (χ2n) is 8.53. The predicted octanol–water partition coefficient (Wildman–Crippen LogP) is 6.69. The van der Waals surface area contributed by atoms with Crippen molar-refractivity contribution in [3.8, 4) is 0 Å². The average molecular weight is 291 g/mol. The minimum atomic E-state index is 1.02. The van der Waals surface area contributed by atoms with Gasteiger partial charge in [-0.2, -0.15) is 0 Å². The molecule has 4 aliphatic rings. The summed E-state index contributed by atoms with van der Waals surface area (Å²) >= 11 is 0. The summed E-state index contributed by atoms with van der Waals surface area (Å²) in [7, 11) is 0. The third-order valence-electron chi connectivity index (χ3n) is 7.65. The Hall–Kier alpha value is 0. The summed E-state index contributed by atoms with van der Waals surface area (Å²) in [5.41, 5.74) is 0. The van der Waals surface area contributed by atoms with Gasteiger partial charge >= 0.3 is 0 Å². The van der Waals surface area contributed by atoms with Gasteiger partial charge in [-0.25, -0.2) is 0 Å². The van der Waals surface area contributed by atoms with Crippen LogP contribution in [0, 0.1) is 41.4 Å². The van der Waals surface area contributed by atoms with Gasteiger partial charge in [0.05, 0.1) is 0 Å². The van der Waals surface area contributed by atoms with Crippen molar-refractivity contribution in [3.63, 3.8) is 0 Å². The maximum absolute atomic E-state index is 2.52. The average Bonchev–Trinajstić information content (AvgIpc) is 2.91. The van der Waals surface area contributed by atoms with Crippen LogP contribution >= 0.6 is 0 Å². The Kier molecular flexibility index (Phi) is 5.33. The van der Waals surface area contributed by atoms with E-state index in [1.54, 1.807) is 64.2 Å². The quantitative estimate of drug-likeness (QED) is 0.466. The van der Waals surface area contributed by atoms with Gasteiger partial charge < -0.3 is 0 Å². The second-order valence-corrected chi connectivity index (χ2v) is 8.53. The van der Waals surface area contributed by atoms with E-state index >= 15 is 0 Å². The highest BCUT2D eigenvalue weighted by Gasteiger charge is 2.48. The Morgan fingerprint density at radius 2 is 1.10 bits per heavy atom. The van der Waals surface area contributed by atoms with E-state index in [4.69, 9.17) is 0 Å². The summed E-state index contributed by atoms with van der Waals surface area (Å²) in [4.78, 5) is 0. The molecule has 0 radical (unpaired) electrons. The van der Waals surface area contributed by atoms with E-state index in [9.17, 15) is 0 Å². The lowest BCUT2D eigenvalue weighted by Crippen LogP contribution is -2.42. The molecule has 0 N–H and O–H groups in total. The summed E-state index contributed by atoms with van der Waals surface area (Å²) in [6.45, 7) is 6.52. The van der Waals surface area contributed by atoms with Crippen molar-refractivity contribution in [1.29, 1.82) is 0 Å². The van der Waals surface area contributed by atoms with Gasteiger partial charge in [0.15, 0.2) is 0 Å². The number of hydrogen-bond donors (Lipinski definition) is 0. The molecule has 0 aromatic heterocycles. The van der Waals surface area contributed by atoms with Crippen LogP contribution < -0.4 is 0 Å². The first-order valence-corrected chi connectivity index (χ1v) is 10.3. The molecule has 4 saturated carbocycles. The molecule has 4 fully saturated rings. The molecule has 122 valence electrons. The van der Waals surface area contributed by atoms with Crippen LogP contribution in [0.25, 0.3) is 0 Å². The second kappa shape index (κ2) is 7.05. The first-order valence-electron chi connectivity index (χ1n) is 10.3. The lowest BCUT2D eigenvalue weighted by molar-refractivity contribution is -0.00568. The van der Waals surface area contributed by atoms with Crippen molar-refractivity contribution in [1.82, 2.24) is 0 Å². The standard InChI is InChI=1S/C19H32.C2H6/c1-13-4-2-6-17-15(12-13)9-11-18-16-7-3-5-14(16)8-10-19(17)18;1-2/h13-19H,2-12H2,1H3;1-2H3. The first-order chi connectivity index (χ1) is 10.3. The van der Waals surface area contributed by atoms with Crippen molar-refractivity contribution in [2.75, 3.05) is 0 Å². The van der Waals surface area contributed by atoms with Gasteiger partial charge in [0, 0.05) is 0 Å². The summed E-state index contributed by atoms with van der Waals surface area (Å²) in [6, 6.07) is 0. The van der Waals surface area contributed by atoms with E-state index in [1.165, 1.54) is 12.3 Å². The van der Waals surface area contributed by atoms with Crippen LogP contribution in [-0.4, -0.2) is 0 Å². The molecule has 0 aromatic rings. The van der Waals surface area contributed by atoms with Crippen molar-refractivity contribution >= 4 is 0 Å². The van der Waals surface area contributed by atoms with Crippen LogP contribution in [0.3, 0.4) is 0 Å². The maximum Gasteiger partial charge on any atom is -0.0352 e. The van der Waals surface area contributed by atoms with Crippen LogP contribution in [-0.2, 0) is 0 Å². The molecule has 0 bridgehead atoms. The lowest BCUT2D eigenvalue weighted by Gasteiger charge is -2.50. The number of hydrogen-bond acceptors (Lipinski definition) is 0. The molecule has 0 amide bonds. The van der Waals surface area contributed by atoms with Crippen LogP contribution in [0.4, 0.5) is 0 Å². The van der Waals surface area contributed by atoms with Crippen molar-refractivity contribution in [2.45, 2.75) is 91.4 Å². The SMILES string of the molecule is CC.CC1CCCC2C(CCC3C4CCCC4CCC23)C1. The number of fused-ring (bicyclic) bond motifs is 5. The third-order valence-corrected chi connectivity index (χ3v) is 7.65. The Labute approximate surface area is 133 Å². The van der Waals surface area contributed by atoms with E-state index in [-0.39, 0.29) is 0 Å². The molecule has 0 aliphatic heterocycles. The summed E-state index contributed by atoms with van der Waals surface area (Å²) < 4.78 is 0. The largest absolute Gasteiger partial charge is 0.0683 e. The zero-order valence-corrected chi connectivity index (χ0v) is 14.8. The van der Waals surface area contributed by atoms with E-state index in [0.717, 1.165) is 35.5 Å².